The van der Waals surface area contributed by atoms with Crippen molar-refractivity contribution in [3.05, 3.63) is 65.2 Å². The molecule has 1 fully saturated rings. The van der Waals surface area contributed by atoms with Gasteiger partial charge >= 0.3 is 0 Å². The summed E-state index contributed by atoms with van der Waals surface area (Å²) in [6.45, 7) is 0.843. The molecule has 0 amide bonds. The lowest BCUT2D eigenvalue weighted by molar-refractivity contribution is -0.0381. The van der Waals surface area contributed by atoms with Gasteiger partial charge in [0.05, 0.1) is 23.8 Å². The molecule has 3 heteroatoms. The first-order valence-corrected chi connectivity index (χ1v) is 7.84. The number of anilines is 1. The Hall–Kier alpha value is -2.31. The number of fused-ring (bicyclic) bond motifs is 3. The molecule has 0 saturated carbocycles. The van der Waals surface area contributed by atoms with E-state index in [4.69, 9.17) is 10.00 Å². The van der Waals surface area contributed by atoms with Crippen LogP contribution in [-0.2, 0) is 4.74 Å². The van der Waals surface area contributed by atoms with Gasteiger partial charge in [-0.25, -0.2) is 0 Å². The number of para-hydroxylation sites is 1. The first-order chi connectivity index (χ1) is 10.9. The van der Waals surface area contributed by atoms with E-state index < -0.39 is 0 Å². The number of hydrogen-bond donors (Lipinski definition) is 1. The molecule has 3 atom stereocenters. The molecule has 2 heterocycles. The van der Waals surface area contributed by atoms with E-state index in [9.17, 15) is 0 Å². The Labute approximate surface area is 130 Å². The number of rotatable bonds is 1. The zero-order valence-electron chi connectivity index (χ0n) is 12.3. The van der Waals surface area contributed by atoms with Gasteiger partial charge in [0.15, 0.2) is 0 Å². The van der Waals surface area contributed by atoms with Crippen LogP contribution in [0.1, 0.15) is 41.7 Å². The molecule has 0 aromatic heterocycles. The minimum Gasteiger partial charge on any atom is -0.378 e. The van der Waals surface area contributed by atoms with Gasteiger partial charge < -0.3 is 10.1 Å². The molecule has 4 rings (SSSR count). The van der Waals surface area contributed by atoms with Crippen LogP contribution in [0, 0.1) is 17.2 Å². The Morgan fingerprint density at radius 3 is 2.73 bits per heavy atom. The van der Waals surface area contributed by atoms with Crippen LogP contribution in [0.2, 0.25) is 0 Å². The van der Waals surface area contributed by atoms with Crippen molar-refractivity contribution in [1.82, 2.24) is 0 Å². The largest absolute Gasteiger partial charge is 0.378 e. The van der Waals surface area contributed by atoms with E-state index in [2.05, 4.69) is 47.8 Å². The predicted octanol–water partition coefficient (Wildman–Crippen LogP) is 4.19. The SMILES string of the molecule is N#Cc1ccc([C@@H]2Nc3ccccc3[C@@H]3OCCC[C@@H]23)cc1. The second kappa shape index (κ2) is 5.47. The molecule has 0 unspecified atom stereocenters. The summed E-state index contributed by atoms with van der Waals surface area (Å²) in [5, 5.41) is 12.7. The molecule has 110 valence electrons. The van der Waals surface area contributed by atoms with Crippen molar-refractivity contribution in [2.24, 2.45) is 5.92 Å². The number of benzene rings is 2. The van der Waals surface area contributed by atoms with Gasteiger partial charge in [0.1, 0.15) is 0 Å². The number of nitriles is 1. The minimum atomic E-state index is 0.173. The fraction of sp³-hybridized carbons (Fsp3) is 0.316. The van der Waals surface area contributed by atoms with Crippen LogP contribution in [0.15, 0.2) is 48.5 Å². The molecule has 1 N–H and O–H groups in total. The Morgan fingerprint density at radius 2 is 1.91 bits per heavy atom. The Balaban J connectivity index is 1.74. The van der Waals surface area contributed by atoms with Crippen LogP contribution < -0.4 is 5.32 Å². The van der Waals surface area contributed by atoms with Crippen LogP contribution in [0.5, 0.6) is 0 Å². The summed E-state index contributed by atoms with van der Waals surface area (Å²) in [5.74, 6) is 0.441. The molecular weight excluding hydrogens is 272 g/mol. The second-order valence-corrected chi connectivity index (χ2v) is 6.04. The summed E-state index contributed by atoms with van der Waals surface area (Å²) in [4.78, 5) is 0. The smallest absolute Gasteiger partial charge is 0.0991 e. The first-order valence-electron chi connectivity index (χ1n) is 7.84. The normalized spacial score (nSPS) is 26.2. The van der Waals surface area contributed by atoms with Crippen LogP contribution in [-0.4, -0.2) is 6.61 Å². The maximum atomic E-state index is 8.97. The van der Waals surface area contributed by atoms with E-state index in [1.165, 1.54) is 16.8 Å². The van der Waals surface area contributed by atoms with Crippen LogP contribution >= 0.6 is 0 Å². The molecule has 0 bridgehead atoms. The number of nitrogens with one attached hydrogen (secondary N) is 1. The molecule has 0 radical (unpaired) electrons. The molecule has 0 aliphatic carbocycles. The number of hydrogen-bond acceptors (Lipinski definition) is 3. The molecule has 2 aliphatic rings. The highest BCUT2D eigenvalue weighted by atomic mass is 16.5. The van der Waals surface area contributed by atoms with Crippen molar-refractivity contribution in [1.29, 1.82) is 5.26 Å². The zero-order valence-corrected chi connectivity index (χ0v) is 12.3. The molecule has 2 aliphatic heterocycles. The van der Waals surface area contributed by atoms with Gasteiger partial charge in [-0.2, -0.15) is 5.26 Å². The van der Waals surface area contributed by atoms with Gasteiger partial charge in [-0.1, -0.05) is 30.3 Å². The third-order valence-corrected chi connectivity index (χ3v) is 4.77. The van der Waals surface area contributed by atoms with Crippen LogP contribution in [0.25, 0.3) is 0 Å². The van der Waals surface area contributed by atoms with E-state index in [0.717, 1.165) is 19.4 Å². The van der Waals surface area contributed by atoms with E-state index in [-0.39, 0.29) is 12.1 Å². The Morgan fingerprint density at radius 1 is 1.09 bits per heavy atom. The van der Waals surface area contributed by atoms with Gasteiger partial charge in [0.2, 0.25) is 0 Å². The predicted molar refractivity (Wildman–Crippen MR) is 85.4 cm³/mol. The highest BCUT2D eigenvalue weighted by molar-refractivity contribution is 5.57. The lowest BCUT2D eigenvalue weighted by Gasteiger charge is -2.43. The van der Waals surface area contributed by atoms with Crippen molar-refractivity contribution in [3.8, 4) is 6.07 Å². The van der Waals surface area contributed by atoms with Crippen molar-refractivity contribution < 1.29 is 4.74 Å². The van der Waals surface area contributed by atoms with Gasteiger partial charge in [-0.05, 0) is 36.6 Å². The van der Waals surface area contributed by atoms with E-state index >= 15 is 0 Å². The zero-order chi connectivity index (χ0) is 14.9. The van der Waals surface area contributed by atoms with Gasteiger partial charge in [0, 0.05) is 23.8 Å². The third kappa shape index (κ3) is 2.17. The summed E-state index contributed by atoms with van der Waals surface area (Å²) in [6, 6.07) is 18.8. The van der Waals surface area contributed by atoms with Crippen LogP contribution in [0.4, 0.5) is 5.69 Å². The van der Waals surface area contributed by atoms with E-state index in [1.54, 1.807) is 0 Å². The van der Waals surface area contributed by atoms with Crippen molar-refractivity contribution in [3.63, 3.8) is 0 Å². The number of ether oxygens (including phenoxy) is 1. The summed E-state index contributed by atoms with van der Waals surface area (Å²) in [6.07, 6.45) is 2.45. The monoisotopic (exact) mass is 290 g/mol. The number of nitrogens with zero attached hydrogens (tertiary/aromatic N) is 1. The summed E-state index contributed by atoms with van der Waals surface area (Å²) >= 11 is 0. The summed E-state index contributed by atoms with van der Waals surface area (Å²) in [5.41, 5.74) is 4.38. The average Bonchev–Trinajstić information content (AvgIpc) is 2.61. The quantitative estimate of drug-likeness (QED) is 0.856. The maximum Gasteiger partial charge on any atom is 0.0991 e. The topological polar surface area (TPSA) is 45.0 Å². The summed E-state index contributed by atoms with van der Waals surface area (Å²) in [7, 11) is 0. The summed E-state index contributed by atoms with van der Waals surface area (Å²) < 4.78 is 6.11. The fourth-order valence-corrected chi connectivity index (χ4v) is 3.71. The second-order valence-electron chi connectivity index (χ2n) is 6.04. The van der Waals surface area contributed by atoms with Gasteiger partial charge in [-0.3, -0.25) is 0 Å². The van der Waals surface area contributed by atoms with Gasteiger partial charge in [0.25, 0.3) is 0 Å². The lowest BCUT2D eigenvalue weighted by atomic mass is 9.77. The minimum absolute atomic E-state index is 0.173. The maximum absolute atomic E-state index is 8.97. The van der Waals surface area contributed by atoms with E-state index in [0.29, 0.717) is 11.5 Å². The molecule has 0 spiro atoms. The average molecular weight is 290 g/mol. The Kier molecular flexibility index (Phi) is 3.32. The first kappa shape index (κ1) is 13.4. The highest BCUT2D eigenvalue weighted by Crippen LogP contribution is 2.48. The third-order valence-electron chi connectivity index (χ3n) is 4.77. The van der Waals surface area contributed by atoms with E-state index in [1.807, 2.05) is 12.1 Å². The van der Waals surface area contributed by atoms with Crippen LogP contribution in [0.3, 0.4) is 0 Å². The van der Waals surface area contributed by atoms with Crippen molar-refractivity contribution in [2.45, 2.75) is 25.0 Å². The molecule has 22 heavy (non-hydrogen) atoms. The molecule has 3 nitrogen and oxygen atoms in total. The fourth-order valence-electron chi connectivity index (χ4n) is 3.71. The standard InChI is InChI=1S/C19H18N2O/c20-12-13-7-9-14(10-8-13)18-16-5-3-11-22-19(16)15-4-1-2-6-17(15)21-18/h1-2,4,6-10,16,18-19,21H,3,5,11H2/t16-,18-,19-/m0/s1. The van der Waals surface area contributed by atoms with Crippen molar-refractivity contribution in [2.75, 3.05) is 11.9 Å². The highest BCUT2D eigenvalue weighted by Gasteiger charge is 2.39. The Bertz CT molecular complexity index is 717. The molecule has 1 saturated heterocycles. The van der Waals surface area contributed by atoms with Gasteiger partial charge in [-0.15, -0.1) is 0 Å². The lowest BCUT2D eigenvalue weighted by Crippen LogP contribution is -2.35. The molecule has 2 aromatic rings. The van der Waals surface area contributed by atoms with Crippen molar-refractivity contribution >= 4 is 5.69 Å². The molecule has 2 aromatic carbocycles. The molecular formula is C19H18N2O.